The van der Waals surface area contributed by atoms with Crippen LogP contribution in [-0.2, 0) is 4.79 Å². The van der Waals surface area contributed by atoms with E-state index in [9.17, 15) is 4.79 Å². The van der Waals surface area contributed by atoms with Crippen LogP contribution in [0.2, 0.25) is 0 Å². The highest BCUT2D eigenvalue weighted by Gasteiger charge is 2.37. The van der Waals surface area contributed by atoms with Crippen molar-refractivity contribution in [3.05, 3.63) is 0 Å². The van der Waals surface area contributed by atoms with Gasteiger partial charge in [0.25, 0.3) is 0 Å². The fourth-order valence-corrected chi connectivity index (χ4v) is 3.52. The van der Waals surface area contributed by atoms with E-state index in [2.05, 4.69) is 17.1 Å². The van der Waals surface area contributed by atoms with Crippen molar-refractivity contribution in [1.82, 2.24) is 10.2 Å². The van der Waals surface area contributed by atoms with Crippen LogP contribution in [0.4, 0.5) is 0 Å². The molecular weight excluding hydrogens is 226 g/mol. The van der Waals surface area contributed by atoms with Crippen LogP contribution in [0.25, 0.3) is 0 Å². The number of nitrogens with zero attached hydrogens (tertiary/aromatic N) is 1. The van der Waals surface area contributed by atoms with Gasteiger partial charge in [-0.15, -0.1) is 0 Å². The van der Waals surface area contributed by atoms with Gasteiger partial charge in [0.15, 0.2) is 0 Å². The van der Waals surface area contributed by atoms with Crippen molar-refractivity contribution in [3.8, 4) is 0 Å². The molecule has 2 aliphatic rings. The molecule has 2 atom stereocenters. The number of hydrogen-bond donors (Lipinski definition) is 2. The smallest absolute Gasteiger partial charge is 0.237 e. The average molecular weight is 253 g/mol. The van der Waals surface area contributed by atoms with Crippen molar-refractivity contribution in [2.45, 2.75) is 70.0 Å². The number of nitrogens with two attached hydrogens (primary N) is 1. The number of carbonyl (C=O) groups excluding carboxylic acids is 1. The molecule has 1 saturated carbocycles. The van der Waals surface area contributed by atoms with Crippen LogP contribution in [0.3, 0.4) is 0 Å². The lowest BCUT2D eigenvalue weighted by molar-refractivity contribution is -0.133. The minimum absolute atomic E-state index is 0.00171. The second-order valence-corrected chi connectivity index (χ2v) is 5.78. The Bertz CT molecular complexity index is 274. The normalized spacial score (nSPS) is 32.0. The Morgan fingerprint density at radius 2 is 1.94 bits per heavy atom. The summed E-state index contributed by atoms with van der Waals surface area (Å²) in [5.41, 5.74) is 5.68. The molecule has 0 bridgehead atoms. The lowest BCUT2D eigenvalue weighted by Crippen LogP contribution is -2.62. The number of hydrogen-bond acceptors (Lipinski definition) is 3. The predicted octanol–water partition coefficient (Wildman–Crippen LogP) is 1.25. The Labute approximate surface area is 110 Å². The lowest BCUT2D eigenvalue weighted by Gasteiger charge is -2.44. The third-order valence-electron chi connectivity index (χ3n) is 4.43. The lowest BCUT2D eigenvalue weighted by atomic mass is 9.97. The number of amides is 1. The molecule has 0 radical (unpaired) electrons. The fraction of sp³-hybridized carbons (Fsp3) is 0.929. The number of rotatable bonds is 3. The van der Waals surface area contributed by atoms with Gasteiger partial charge >= 0.3 is 0 Å². The van der Waals surface area contributed by atoms with E-state index in [0.29, 0.717) is 18.6 Å². The zero-order chi connectivity index (χ0) is 13.0. The first kappa shape index (κ1) is 13.8. The Balaban J connectivity index is 2.10. The molecule has 4 heteroatoms. The first-order valence-corrected chi connectivity index (χ1v) is 7.49. The maximum absolute atomic E-state index is 12.1. The van der Waals surface area contributed by atoms with E-state index in [1.165, 1.54) is 38.5 Å². The van der Waals surface area contributed by atoms with Gasteiger partial charge in [-0.2, -0.15) is 0 Å². The van der Waals surface area contributed by atoms with Crippen molar-refractivity contribution >= 4 is 5.91 Å². The van der Waals surface area contributed by atoms with Gasteiger partial charge in [-0.3, -0.25) is 9.69 Å². The van der Waals surface area contributed by atoms with Gasteiger partial charge in [0.1, 0.15) is 0 Å². The van der Waals surface area contributed by atoms with E-state index in [1.807, 2.05) is 0 Å². The largest absolute Gasteiger partial charge is 0.353 e. The zero-order valence-electron chi connectivity index (χ0n) is 11.5. The van der Waals surface area contributed by atoms with Crippen molar-refractivity contribution < 1.29 is 4.79 Å². The van der Waals surface area contributed by atoms with Crippen molar-refractivity contribution in [2.24, 2.45) is 5.73 Å². The first-order valence-electron chi connectivity index (χ1n) is 7.49. The summed E-state index contributed by atoms with van der Waals surface area (Å²) < 4.78 is 0. The standard InChI is InChI=1S/C14H27N3O/c1-11-10-16-14(18)13(8-9-15)17(11)12-6-4-2-3-5-7-12/h11-13H,2-10,15H2,1H3,(H,16,18). The van der Waals surface area contributed by atoms with Gasteiger partial charge in [-0.25, -0.2) is 0 Å². The van der Waals surface area contributed by atoms with Gasteiger partial charge in [-0.1, -0.05) is 25.7 Å². The van der Waals surface area contributed by atoms with Gasteiger partial charge in [0.05, 0.1) is 6.04 Å². The van der Waals surface area contributed by atoms with E-state index < -0.39 is 0 Å². The molecule has 1 saturated heterocycles. The molecule has 0 aromatic carbocycles. The number of carbonyl (C=O) groups is 1. The molecule has 2 unspecified atom stereocenters. The highest BCUT2D eigenvalue weighted by Crippen LogP contribution is 2.27. The fourth-order valence-electron chi connectivity index (χ4n) is 3.52. The van der Waals surface area contributed by atoms with E-state index in [0.717, 1.165) is 13.0 Å². The summed E-state index contributed by atoms with van der Waals surface area (Å²) >= 11 is 0. The Hall–Kier alpha value is -0.610. The molecule has 1 amide bonds. The maximum atomic E-state index is 12.1. The maximum Gasteiger partial charge on any atom is 0.237 e. The molecule has 18 heavy (non-hydrogen) atoms. The second-order valence-electron chi connectivity index (χ2n) is 5.78. The molecule has 2 fully saturated rings. The molecule has 0 spiro atoms. The molecule has 1 heterocycles. The molecular formula is C14H27N3O. The Morgan fingerprint density at radius 3 is 2.56 bits per heavy atom. The molecule has 1 aliphatic heterocycles. The molecule has 0 aromatic rings. The molecule has 3 N–H and O–H groups in total. The van der Waals surface area contributed by atoms with Crippen molar-refractivity contribution in [2.75, 3.05) is 13.1 Å². The molecule has 2 rings (SSSR count). The van der Waals surface area contributed by atoms with Gasteiger partial charge < -0.3 is 11.1 Å². The molecule has 4 nitrogen and oxygen atoms in total. The first-order chi connectivity index (χ1) is 8.74. The van der Waals surface area contributed by atoms with E-state index in [-0.39, 0.29) is 11.9 Å². The topological polar surface area (TPSA) is 58.4 Å². The average Bonchev–Trinajstić information content (AvgIpc) is 2.63. The highest BCUT2D eigenvalue weighted by atomic mass is 16.2. The third kappa shape index (κ3) is 3.04. The quantitative estimate of drug-likeness (QED) is 0.744. The van der Waals surface area contributed by atoms with E-state index >= 15 is 0 Å². The Kier molecular flexibility index (Phi) is 5.01. The molecule has 1 aliphatic carbocycles. The highest BCUT2D eigenvalue weighted by molar-refractivity contribution is 5.82. The minimum Gasteiger partial charge on any atom is -0.353 e. The minimum atomic E-state index is 0.00171. The van der Waals surface area contributed by atoms with Crippen molar-refractivity contribution in [1.29, 1.82) is 0 Å². The van der Waals surface area contributed by atoms with E-state index in [1.54, 1.807) is 0 Å². The van der Waals surface area contributed by atoms with Crippen LogP contribution < -0.4 is 11.1 Å². The van der Waals surface area contributed by atoms with E-state index in [4.69, 9.17) is 5.73 Å². The summed E-state index contributed by atoms with van der Waals surface area (Å²) in [6.07, 6.45) is 8.61. The third-order valence-corrected chi connectivity index (χ3v) is 4.43. The summed E-state index contributed by atoms with van der Waals surface area (Å²) in [5, 5.41) is 3.02. The predicted molar refractivity (Wildman–Crippen MR) is 73.3 cm³/mol. The van der Waals surface area contributed by atoms with Gasteiger partial charge in [0, 0.05) is 18.6 Å². The number of piperazine rings is 1. The summed E-state index contributed by atoms with van der Waals surface area (Å²) in [5.74, 6) is 0.183. The summed E-state index contributed by atoms with van der Waals surface area (Å²) in [7, 11) is 0. The Morgan fingerprint density at radius 1 is 1.28 bits per heavy atom. The summed E-state index contributed by atoms with van der Waals surface area (Å²) in [6.45, 7) is 3.61. The van der Waals surface area contributed by atoms with Crippen LogP contribution in [0, 0.1) is 0 Å². The van der Waals surface area contributed by atoms with Gasteiger partial charge in [0.2, 0.25) is 5.91 Å². The van der Waals surface area contributed by atoms with Crippen LogP contribution in [0.1, 0.15) is 51.9 Å². The van der Waals surface area contributed by atoms with Crippen LogP contribution in [0.15, 0.2) is 0 Å². The monoisotopic (exact) mass is 253 g/mol. The second kappa shape index (κ2) is 6.53. The van der Waals surface area contributed by atoms with Crippen LogP contribution in [-0.4, -0.2) is 42.0 Å². The summed E-state index contributed by atoms with van der Waals surface area (Å²) in [4.78, 5) is 14.5. The molecule has 0 aromatic heterocycles. The summed E-state index contributed by atoms with van der Waals surface area (Å²) in [6, 6.07) is 1.04. The van der Waals surface area contributed by atoms with Crippen molar-refractivity contribution in [3.63, 3.8) is 0 Å². The zero-order valence-corrected chi connectivity index (χ0v) is 11.5. The number of nitrogens with one attached hydrogen (secondary N) is 1. The molecule has 104 valence electrons. The van der Waals surface area contributed by atoms with Crippen LogP contribution in [0.5, 0.6) is 0 Å². The van der Waals surface area contributed by atoms with Crippen LogP contribution >= 0.6 is 0 Å². The van der Waals surface area contributed by atoms with Gasteiger partial charge in [-0.05, 0) is 32.7 Å². The SMILES string of the molecule is CC1CNC(=O)C(CCN)N1C1CCCCCC1.